The maximum Gasteiger partial charge on any atom is 0.235 e. The van der Waals surface area contributed by atoms with E-state index in [0.717, 1.165) is 4.90 Å². The number of carbonyl (C=O) groups excluding carboxylic acids is 2. The highest BCUT2D eigenvalue weighted by Gasteiger charge is 2.35. The summed E-state index contributed by atoms with van der Waals surface area (Å²) >= 11 is 0. The minimum atomic E-state index is -0.898. The summed E-state index contributed by atoms with van der Waals surface area (Å²) in [5, 5.41) is 25.4. The third kappa shape index (κ3) is 2.98. The first kappa shape index (κ1) is 14.5. The second-order valence-corrected chi connectivity index (χ2v) is 4.95. The lowest BCUT2D eigenvalue weighted by molar-refractivity contribution is -0.709. The minimum absolute atomic E-state index is 0.0262. The summed E-state index contributed by atoms with van der Waals surface area (Å²) < 4.78 is 0. The van der Waals surface area contributed by atoms with Gasteiger partial charge in [-0.2, -0.15) is 0 Å². The summed E-state index contributed by atoms with van der Waals surface area (Å²) in [6.45, 7) is 2.40. The number of rotatable bonds is 5. The number of imide groups is 1. The molecule has 2 heterocycles. The van der Waals surface area contributed by atoms with E-state index >= 15 is 0 Å². The molecule has 0 aliphatic carbocycles. The Morgan fingerprint density at radius 3 is 2.70 bits per heavy atom. The molecule has 0 radical (unpaired) electrons. The number of aliphatic hydroxyl groups excluding tert-OH is 1. The number of aliphatic hydroxyl groups is 1. The number of hydrogen-bond donors (Lipinski definition) is 1. The normalized spacial score (nSPS) is 25.5. The zero-order valence-corrected chi connectivity index (χ0v) is 11.3. The van der Waals surface area contributed by atoms with Crippen LogP contribution in [0.25, 0.3) is 0 Å². The Morgan fingerprint density at radius 2 is 2.15 bits per heavy atom. The van der Waals surface area contributed by atoms with Crippen molar-refractivity contribution in [3.63, 3.8) is 0 Å². The van der Waals surface area contributed by atoms with Gasteiger partial charge in [0, 0.05) is 25.4 Å². The van der Waals surface area contributed by atoms with Gasteiger partial charge in [0.2, 0.25) is 23.3 Å². The maximum atomic E-state index is 11.7. The highest BCUT2D eigenvalue weighted by Crippen LogP contribution is 2.17. The second kappa shape index (κ2) is 6.04. The van der Waals surface area contributed by atoms with Gasteiger partial charge < -0.3 is 15.2 Å². The second-order valence-electron chi connectivity index (χ2n) is 4.95. The number of likely N-dealkylation sites (tertiary alicyclic amines) is 1. The molecule has 2 aliphatic rings. The van der Waals surface area contributed by atoms with Crippen molar-refractivity contribution >= 4 is 11.8 Å². The van der Waals surface area contributed by atoms with E-state index in [0.29, 0.717) is 24.5 Å². The van der Waals surface area contributed by atoms with Gasteiger partial charge in [-0.3, -0.25) is 9.59 Å². The van der Waals surface area contributed by atoms with Crippen molar-refractivity contribution in [1.82, 2.24) is 9.91 Å². The van der Waals surface area contributed by atoms with Gasteiger partial charge in [0.15, 0.2) is 0 Å². The molecule has 2 amide bonds. The SMILES string of the molecule is CC(O/N=[N+](/[O-])N1CCC(CO)C1)N1C(=O)CCC1=O. The van der Waals surface area contributed by atoms with Crippen molar-refractivity contribution < 1.29 is 24.5 Å². The van der Waals surface area contributed by atoms with Crippen molar-refractivity contribution in [3.8, 4) is 0 Å². The molecule has 0 bridgehead atoms. The van der Waals surface area contributed by atoms with Crippen LogP contribution in [0.1, 0.15) is 26.2 Å². The van der Waals surface area contributed by atoms with E-state index in [2.05, 4.69) is 5.28 Å². The number of amides is 2. The van der Waals surface area contributed by atoms with Gasteiger partial charge in [0.05, 0.1) is 18.1 Å². The Morgan fingerprint density at radius 1 is 1.50 bits per heavy atom. The van der Waals surface area contributed by atoms with Crippen LogP contribution < -0.4 is 0 Å². The van der Waals surface area contributed by atoms with Crippen molar-refractivity contribution in [2.75, 3.05) is 19.7 Å². The molecular weight excluding hydrogens is 268 g/mol. The van der Waals surface area contributed by atoms with E-state index in [-0.39, 0.29) is 37.2 Å². The smallest absolute Gasteiger partial charge is 0.235 e. The van der Waals surface area contributed by atoms with Crippen molar-refractivity contribution in [2.45, 2.75) is 32.4 Å². The summed E-state index contributed by atoms with van der Waals surface area (Å²) in [6.07, 6.45) is 0.143. The zero-order valence-electron chi connectivity index (χ0n) is 11.3. The predicted molar refractivity (Wildman–Crippen MR) is 64.5 cm³/mol. The van der Waals surface area contributed by atoms with Gasteiger partial charge in [-0.05, 0) is 13.3 Å². The average molecular weight is 286 g/mol. The lowest BCUT2D eigenvalue weighted by atomic mass is 10.1. The van der Waals surface area contributed by atoms with Crippen molar-refractivity contribution in [3.05, 3.63) is 5.21 Å². The molecule has 2 fully saturated rings. The summed E-state index contributed by atoms with van der Waals surface area (Å²) in [4.78, 5) is 29.1. The molecule has 2 saturated heterocycles. The molecule has 0 aromatic carbocycles. The molecule has 0 aromatic rings. The van der Waals surface area contributed by atoms with Crippen LogP contribution in [0.2, 0.25) is 0 Å². The molecule has 2 rings (SSSR count). The van der Waals surface area contributed by atoms with Crippen molar-refractivity contribution in [2.24, 2.45) is 11.2 Å². The Labute approximate surface area is 115 Å². The van der Waals surface area contributed by atoms with Crippen LogP contribution in [0.4, 0.5) is 0 Å². The first-order valence-corrected chi connectivity index (χ1v) is 6.57. The van der Waals surface area contributed by atoms with Gasteiger partial charge in [-0.15, -0.1) is 5.01 Å². The van der Waals surface area contributed by atoms with Gasteiger partial charge in [0.25, 0.3) is 0 Å². The summed E-state index contributed by atoms with van der Waals surface area (Å²) in [5.41, 5.74) is 0. The molecule has 1 N–H and O–H groups in total. The summed E-state index contributed by atoms with van der Waals surface area (Å²) in [5.74, 6) is -0.589. The molecule has 20 heavy (non-hydrogen) atoms. The number of hydrazine groups is 1. The van der Waals surface area contributed by atoms with E-state index < -0.39 is 6.23 Å². The monoisotopic (exact) mass is 286 g/mol. The summed E-state index contributed by atoms with van der Waals surface area (Å²) in [7, 11) is 0. The number of hydrogen-bond acceptors (Lipinski definition) is 6. The number of carbonyl (C=O) groups is 2. The Bertz CT molecular complexity index is 411. The lowest BCUT2D eigenvalue weighted by Gasteiger charge is -2.19. The van der Waals surface area contributed by atoms with Crippen LogP contribution in [0.3, 0.4) is 0 Å². The van der Waals surface area contributed by atoms with Crippen LogP contribution in [0, 0.1) is 11.1 Å². The molecule has 2 aliphatic heterocycles. The van der Waals surface area contributed by atoms with E-state index in [9.17, 15) is 14.8 Å². The van der Waals surface area contributed by atoms with Crippen LogP contribution in [0.5, 0.6) is 0 Å². The topological polar surface area (TPSA) is 109 Å². The molecule has 2 atom stereocenters. The Hall–Kier alpha value is -1.90. The van der Waals surface area contributed by atoms with Gasteiger partial charge in [-0.25, -0.2) is 4.90 Å². The molecule has 0 spiro atoms. The highest BCUT2D eigenvalue weighted by molar-refractivity contribution is 6.02. The van der Waals surface area contributed by atoms with Crippen LogP contribution >= 0.6 is 0 Å². The standard InChI is InChI=1S/C11H18N4O5/c1-8(14-10(17)2-3-11(14)18)20-12-15(19)13-5-4-9(6-13)7-16/h8-9,16H,2-7H2,1H3/b15-12+. The first-order valence-electron chi connectivity index (χ1n) is 6.57. The maximum absolute atomic E-state index is 11.7. The molecule has 2 unspecified atom stereocenters. The molecule has 9 heteroatoms. The molecule has 9 nitrogen and oxygen atoms in total. The quantitative estimate of drug-likeness (QED) is 0.319. The molecule has 112 valence electrons. The first-order chi connectivity index (χ1) is 9.52. The molecule has 0 saturated carbocycles. The Kier molecular flexibility index (Phi) is 4.38. The van der Waals surface area contributed by atoms with Crippen molar-refractivity contribution in [1.29, 1.82) is 0 Å². The third-order valence-electron chi connectivity index (χ3n) is 3.49. The highest BCUT2D eigenvalue weighted by atomic mass is 16.7. The fourth-order valence-corrected chi connectivity index (χ4v) is 2.32. The van der Waals surface area contributed by atoms with Gasteiger partial charge in [0.1, 0.15) is 0 Å². The number of nitrogens with zero attached hydrogens (tertiary/aromatic N) is 4. The van der Waals surface area contributed by atoms with Crippen LogP contribution in [-0.4, -0.2) is 57.7 Å². The van der Waals surface area contributed by atoms with Crippen LogP contribution in [0.15, 0.2) is 5.28 Å². The largest absolute Gasteiger partial charge is 0.569 e. The fourth-order valence-electron chi connectivity index (χ4n) is 2.32. The van der Waals surface area contributed by atoms with Gasteiger partial charge in [-0.1, -0.05) is 0 Å². The third-order valence-corrected chi connectivity index (χ3v) is 3.49. The molecular formula is C11H18N4O5. The van der Waals surface area contributed by atoms with Crippen LogP contribution in [-0.2, 0) is 14.4 Å². The zero-order chi connectivity index (χ0) is 14.7. The van der Waals surface area contributed by atoms with E-state index in [1.54, 1.807) is 0 Å². The van der Waals surface area contributed by atoms with E-state index in [4.69, 9.17) is 9.94 Å². The minimum Gasteiger partial charge on any atom is -0.569 e. The summed E-state index contributed by atoms with van der Waals surface area (Å²) in [6, 6.07) is 0. The Balaban J connectivity index is 1.88. The molecule has 0 aromatic heterocycles. The van der Waals surface area contributed by atoms with E-state index in [1.807, 2.05) is 0 Å². The fraction of sp³-hybridized carbons (Fsp3) is 0.818. The predicted octanol–water partition coefficient (Wildman–Crippen LogP) is -0.395. The van der Waals surface area contributed by atoms with E-state index in [1.165, 1.54) is 11.9 Å². The van der Waals surface area contributed by atoms with Gasteiger partial charge >= 0.3 is 0 Å². The average Bonchev–Trinajstić information content (AvgIpc) is 3.03. The lowest BCUT2D eigenvalue weighted by Crippen LogP contribution is -2.39.